The molecule has 0 saturated heterocycles. The van der Waals surface area contributed by atoms with Gasteiger partial charge < -0.3 is 5.32 Å². The van der Waals surface area contributed by atoms with Gasteiger partial charge in [-0.15, -0.1) is 0 Å². The topological polar surface area (TPSA) is 53.3 Å². The van der Waals surface area contributed by atoms with Crippen molar-refractivity contribution in [3.8, 4) is 0 Å². The summed E-state index contributed by atoms with van der Waals surface area (Å²) in [5.41, 5.74) is 2.30. The molecule has 1 heterocycles. The monoisotopic (exact) mass is 284 g/mol. The van der Waals surface area contributed by atoms with Crippen molar-refractivity contribution in [1.82, 2.24) is 4.90 Å². The molecule has 5 heteroatoms. The Morgan fingerprint density at radius 1 is 1.29 bits per heavy atom. The van der Waals surface area contributed by atoms with Crippen molar-refractivity contribution < 1.29 is 14.2 Å². The molecular weight excluding hydrogens is 266 g/mol. The van der Waals surface area contributed by atoms with E-state index in [0.717, 1.165) is 16.2 Å². The summed E-state index contributed by atoms with van der Waals surface area (Å²) in [6.07, 6.45) is 4.21. The summed E-state index contributed by atoms with van der Waals surface area (Å²) in [5.74, 6) is -0.300. The number of aromatic nitrogens is 1. The number of nitrogens with zero attached hydrogens (tertiary/aromatic N) is 2. The number of rotatable bonds is 5. The van der Waals surface area contributed by atoms with Crippen molar-refractivity contribution in [1.29, 1.82) is 0 Å². The summed E-state index contributed by atoms with van der Waals surface area (Å²) in [4.78, 5) is 24.8. The third kappa shape index (κ3) is 3.45. The van der Waals surface area contributed by atoms with Gasteiger partial charge in [-0.2, -0.15) is 4.57 Å². The van der Waals surface area contributed by atoms with Gasteiger partial charge in [0.1, 0.15) is 0 Å². The van der Waals surface area contributed by atoms with Crippen molar-refractivity contribution in [2.24, 2.45) is 0 Å². The van der Waals surface area contributed by atoms with Crippen LogP contribution in [-0.4, -0.2) is 24.3 Å². The predicted molar refractivity (Wildman–Crippen MR) is 79.6 cm³/mol. The lowest BCUT2D eigenvalue weighted by molar-refractivity contribution is -0.708. The van der Waals surface area contributed by atoms with Gasteiger partial charge in [0.15, 0.2) is 12.4 Å². The van der Waals surface area contributed by atoms with E-state index in [-0.39, 0.29) is 12.6 Å². The first-order valence-electron chi connectivity index (χ1n) is 6.64. The quantitative estimate of drug-likeness (QED) is 0.670. The van der Waals surface area contributed by atoms with E-state index in [1.165, 1.54) is 0 Å². The van der Waals surface area contributed by atoms with Gasteiger partial charge in [0.05, 0.1) is 5.69 Å². The summed E-state index contributed by atoms with van der Waals surface area (Å²) in [5, 5.41) is 3.02. The molecule has 2 aromatic rings. The average molecular weight is 284 g/mol. The molecule has 21 heavy (non-hydrogen) atoms. The number of pyridine rings is 1. The zero-order valence-electron chi connectivity index (χ0n) is 12.1. The average Bonchev–Trinajstić information content (AvgIpc) is 2.52. The van der Waals surface area contributed by atoms with Crippen molar-refractivity contribution in [3.63, 3.8) is 0 Å². The molecule has 0 radical (unpaired) electrons. The highest BCUT2D eigenvalue weighted by Gasteiger charge is 2.20. The van der Waals surface area contributed by atoms with Gasteiger partial charge in [0.2, 0.25) is 13.1 Å². The fourth-order valence-corrected chi connectivity index (χ4v) is 2.05. The van der Waals surface area contributed by atoms with Gasteiger partial charge in [0, 0.05) is 18.7 Å². The van der Waals surface area contributed by atoms with Crippen LogP contribution in [0.2, 0.25) is 0 Å². The summed E-state index contributed by atoms with van der Waals surface area (Å²) in [6.45, 7) is 2.02. The first-order valence-corrected chi connectivity index (χ1v) is 6.64. The molecule has 2 amide bonds. The molecule has 1 aromatic carbocycles. The van der Waals surface area contributed by atoms with Crippen LogP contribution >= 0.6 is 0 Å². The van der Waals surface area contributed by atoms with Crippen LogP contribution in [0.15, 0.2) is 48.8 Å². The Bertz CT molecular complexity index is 655. The van der Waals surface area contributed by atoms with Crippen molar-refractivity contribution in [2.45, 2.75) is 13.6 Å². The highest BCUT2D eigenvalue weighted by molar-refractivity contribution is 6.00. The third-order valence-corrected chi connectivity index (χ3v) is 3.23. The number of aryl methyl sites for hydroxylation is 1. The molecule has 1 aromatic heterocycles. The molecule has 0 spiro atoms. The number of carbonyl (C=O) groups is 2. The molecule has 108 valence electrons. The lowest BCUT2D eigenvalue weighted by atomic mass is 10.1. The zero-order valence-corrected chi connectivity index (χ0v) is 12.1. The minimum absolute atomic E-state index is 0.173. The molecule has 0 bridgehead atoms. The smallest absolute Gasteiger partial charge is 0.265 e. The number of imide groups is 1. The minimum Gasteiger partial charge on any atom is -0.383 e. The predicted octanol–water partition coefficient (Wildman–Crippen LogP) is 1.58. The van der Waals surface area contributed by atoms with Gasteiger partial charge in [-0.05, 0) is 24.6 Å². The number of nitrogens with one attached hydrogen (secondary N) is 1. The molecule has 0 aliphatic rings. The van der Waals surface area contributed by atoms with Crippen LogP contribution in [0.25, 0.3) is 0 Å². The summed E-state index contributed by atoms with van der Waals surface area (Å²) < 4.78 is 1.77. The number of carbonyl (C=O) groups excluding carboxylic acids is 2. The minimum atomic E-state index is -0.300. The highest BCUT2D eigenvalue weighted by atomic mass is 16.2. The molecule has 0 saturated carbocycles. The summed E-state index contributed by atoms with van der Waals surface area (Å²) >= 11 is 0. The Morgan fingerprint density at radius 3 is 2.71 bits per heavy atom. The first kappa shape index (κ1) is 14.7. The Hall–Kier alpha value is -2.69. The van der Waals surface area contributed by atoms with Crippen LogP contribution in [0, 0.1) is 6.92 Å². The van der Waals surface area contributed by atoms with Gasteiger partial charge in [-0.3, -0.25) is 9.59 Å². The first-order chi connectivity index (χ1) is 10.2. The van der Waals surface area contributed by atoms with Crippen LogP contribution in [0.3, 0.4) is 0 Å². The van der Waals surface area contributed by atoms with Gasteiger partial charge in [0.25, 0.3) is 5.91 Å². The standard InChI is InChI=1S/C16H18N3O2/c1-13-6-3-4-8-15(13)16(21)19(12-20)11-18-9-5-7-14(10-18)17-2/h3-10,12,17H,11H2,1-2H3/q+1. The third-order valence-electron chi connectivity index (χ3n) is 3.23. The number of hydrogen-bond acceptors (Lipinski definition) is 3. The normalized spacial score (nSPS) is 10.0. The van der Waals surface area contributed by atoms with E-state index < -0.39 is 0 Å². The molecule has 0 fully saturated rings. The number of anilines is 1. The van der Waals surface area contributed by atoms with Gasteiger partial charge in [-0.1, -0.05) is 18.2 Å². The molecular formula is C16H18N3O2+. The van der Waals surface area contributed by atoms with Crippen LogP contribution in [-0.2, 0) is 11.5 Å². The Balaban J connectivity index is 2.22. The Labute approximate surface area is 123 Å². The maximum atomic E-state index is 12.4. The second-order valence-corrected chi connectivity index (χ2v) is 4.69. The van der Waals surface area contributed by atoms with Crippen molar-refractivity contribution in [3.05, 3.63) is 59.9 Å². The van der Waals surface area contributed by atoms with E-state index in [0.29, 0.717) is 12.0 Å². The SMILES string of the molecule is CNc1ccc[n+](CN(C=O)C(=O)c2ccccc2C)c1. The summed E-state index contributed by atoms with van der Waals surface area (Å²) in [6, 6.07) is 11.0. The molecule has 1 N–H and O–H groups in total. The molecule has 0 unspecified atom stereocenters. The van der Waals surface area contributed by atoms with Crippen LogP contribution < -0.4 is 9.88 Å². The molecule has 0 aliphatic carbocycles. The van der Waals surface area contributed by atoms with Gasteiger partial charge >= 0.3 is 0 Å². The fraction of sp³-hybridized carbons (Fsp3) is 0.188. The van der Waals surface area contributed by atoms with Crippen molar-refractivity contribution in [2.75, 3.05) is 12.4 Å². The molecule has 5 nitrogen and oxygen atoms in total. The van der Waals surface area contributed by atoms with Crippen molar-refractivity contribution >= 4 is 18.0 Å². The number of amides is 2. The Kier molecular flexibility index (Phi) is 4.66. The van der Waals surface area contributed by atoms with E-state index in [1.54, 1.807) is 16.7 Å². The zero-order chi connectivity index (χ0) is 15.2. The lowest BCUT2D eigenvalue weighted by Gasteiger charge is -2.13. The second kappa shape index (κ2) is 6.65. The Morgan fingerprint density at radius 2 is 2.05 bits per heavy atom. The van der Waals surface area contributed by atoms with E-state index in [9.17, 15) is 9.59 Å². The number of hydrogen-bond donors (Lipinski definition) is 1. The van der Waals surface area contributed by atoms with Crippen LogP contribution in [0.5, 0.6) is 0 Å². The second-order valence-electron chi connectivity index (χ2n) is 4.69. The van der Waals surface area contributed by atoms with Crippen LogP contribution in [0.4, 0.5) is 5.69 Å². The van der Waals surface area contributed by atoms with E-state index >= 15 is 0 Å². The van der Waals surface area contributed by atoms with E-state index in [4.69, 9.17) is 0 Å². The van der Waals surface area contributed by atoms with E-state index in [2.05, 4.69) is 5.32 Å². The molecule has 0 aliphatic heterocycles. The molecule has 0 atom stereocenters. The highest BCUT2D eigenvalue weighted by Crippen LogP contribution is 2.10. The number of benzene rings is 1. The summed E-state index contributed by atoms with van der Waals surface area (Å²) in [7, 11) is 1.82. The maximum absolute atomic E-state index is 12.4. The van der Waals surface area contributed by atoms with E-state index in [1.807, 2.05) is 50.6 Å². The fourth-order valence-electron chi connectivity index (χ4n) is 2.05. The maximum Gasteiger partial charge on any atom is 0.265 e. The van der Waals surface area contributed by atoms with Gasteiger partial charge in [-0.25, -0.2) is 4.90 Å². The lowest BCUT2D eigenvalue weighted by Crippen LogP contribution is -2.45. The van der Waals surface area contributed by atoms with Crippen LogP contribution in [0.1, 0.15) is 15.9 Å². The molecule has 2 rings (SSSR count). The largest absolute Gasteiger partial charge is 0.383 e.